The molecule has 0 atom stereocenters. The second-order valence-electron chi connectivity index (χ2n) is 12.7. The van der Waals surface area contributed by atoms with Gasteiger partial charge in [-0.3, -0.25) is 4.79 Å². The zero-order valence-corrected chi connectivity index (χ0v) is 29.0. The van der Waals surface area contributed by atoms with E-state index in [1.54, 1.807) is 61.4 Å². The number of rotatable bonds is 8. The summed E-state index contributed by atoms with van der Waals surface area (Å²) < 4.78 is 36.8. The van der Waals surface area contributed by atoms with Crippen molar-refractivity contribution in [2.24, 2.45) is 0 Å². The fourth-order valence-corrected chi connectivity index (χ4v) is 5.58. The van der Waals surface area contributed by atoms with Gasteiger partial charge < -0.3 is 19.9 Å². The van der Waals surface area contributed by atoms with Gasteiger partial charge in [0.1, 0.15) is 11.6 Å². The summed E-state index contributed by atoms with van der Waals surface area (Å²) in [6.07, 6.45) is 0.871. The molecule has 4 aromatic rings. The van der Waals surface area contributed by atoms with Crippen molar-refractivity contribution in [3.05, 3.63) is 89.2 Å². The fraction of sp³-hybridized carbons (Fsp3) is 0.353. The molecule has 2 aromatic carbocycles. The van der Waals surface area contributed by atoms with E-state index in [0.717, 1.165) is 11.8 Å². The molecule has 0 radical (unpaired) electrons. The molecule has 5 rings (SSSR count). The van der Waals surface area contributed by atoms with Crippen LogP contribution in [0.4, 0.5) is 22.1 Å². The monoisotopic (exact) mass is 675 g/mol. The molecule has 13 nitrogen and oxygen atoms in total. The number of carbonyl (C=O) groups is 2. The third kappa shape index (κ3) is 7.94. The Hall–Kier alpha value is -4.95. The fourth-order valence-electron chi connectivity index (χ4n) is 5.17. The van der Waals surface area contributed by atoms with Crippen molar-refractivity contribution in [1.82, 2.24) is 19.7 Å². The Bertz CT molecular complexity index is 1910. The van der Waals surface area contributed by atoms with Crippen molar-refractivity contribution >= 4 is 39.4 Å². The number of aromatic nitrogens is 3. The number of nitrogens with one attached hydrogen (secondary N) is 1. The number of pyridine rings is 1. The van der Waals surface area contributed by atoms with Crippen molar-refractivity contribution in [1.29, 1.82) is 0 Å². The molecule has 1 aliphatic heterocycles. The van der Waals surface area contributed by atoms with Crippen molar-refractivity contribution in [3.8, 4) is 11.4 Å². The molecule has 3 heterocycles. The van der Waals surface area contributed by atoms with Crippen LogP contribution in [-0.4, -0.2) is 79.6 Å². The second kappa shape index (κ2) is 13.6. The molecule has 1 aliphatic rings. The Balaban J connectivity index is 1.35. The zero-order chi connectivity index (χ0) is 34.8. The highest BCUT2D eigenvalue weighted by atomic mass is 32.2. The van der Waals surface area contributed by atoms with Crippen LogP contribution in [0.5, 0.6) is 5.75 Å². The van der Waals surface area contributed by atoms with Gasteiger partial charge in [0.25, 0.3) is 16.0 Å². The van der Waals surface area contributed by atoms with Gasteiger partial charge >= 0.3 is 6.03 Å². The number of hydroxylamine groups is 1. The second-order valence-corrected chi connectivity index (χ2v) is 14.3. The molecule has 48 heavy (non-hydrogen) atoms. The number of hydrogen-bond donors (Lipinski definition) is 1. The predicted molar refractivity (Wildman–Crippen MR) is 185 cm³/mol. The minimum Gasteiger partial charge on any atom is -0.497 e. The lowest BCUT2D eigenvalue weighted by molar-refractivity contribution is 0.0746. The summed E-state index contributed by atoms with van der Waals surface area (Å²) in [4.78, 5) is 35.4. The maximum Gasteiger partial charge on any atom is 0.353 e. The molecular weight excluding hydrogens is 634 g/mol. The van der Waals surface area contributed by atoms with E-state index in [4.69, 9.17) is 19.1 Å². The average Bonchev–Trinajstić information content (AvgIpc) is 3.50. The highest BCUT2D eigenvalue weighted by Gasteiger charge is 2.31. The van der Waals surface area contributed by atoms with Crippen molar-refractivity contribution in [2.45, 2.75) is 40.0 Å². The number of nitrogens with zero attached hydrogens (tertiary/aromatic N) is 6. The van der Waals surface area contributed by atoms with Gasteiger partial charge in [0, 0.05) is 43.2 Å². The Morgan fingerprint density at radius 1 is 0.938 bits per heavy atom. The van der Waals surface area contributed by atoms with Crippen LogP contribution in [0, 0.1) is 13.8 Å². The minimum atomic E-state index is -4.14. The molecule has 0 aliphatic carbocycles. The first-order valence-corrected chi connectivity index (χ1v) is 17.3. The largest absolute Gasteiger partial charge is 0.497 e. The number of urea groups is 1. The number of benzene rings is 2. The molecule has 0 unspecified atom stereocenters. The Kier molecular flexibility index (Phi) is 9.78. The summed E-state index contributed by atoms with van der Waals surface area (Å²) in [7, 11) is -2.57. The summed E-state index contributed by atoms with van der Waals surface area (Å²) in [5.41, 5.74) is 3.31. The summed E-state index contributed by atoms with van der Waals surface area (Å²) in [6, 6.07) is 18.8. The van der Waals surface area contributed by atoms with Crippen LogP contribution >= 0.6 is 0 Å². The summed E-state index contributed by atoms with van der Waals surface area (Å²) >= 11 is 0. The van der Waals surface area contributed by atoms with Crippen molar-refractivity contribution < 1.29 is 27.0 Å². The third-order valence-corrected chi connectivity index (χ3v) is 8.28. The lowest BCUT2D eigenvalue weighted by atomic mass is 9.92. The quantitative estimate of drug-likeness (QED) is 0.253. The van der Waals surface area contributed by atoms with E-state index < -0.39 is 21.6 Å². The molecule has 1 saturated heterocycles. The van der Waals surface area contributed by atoms with Crippen LogP contribution in [0.1, 0.15) is 48.1 Å². The number of methoxy groups -OCH3 is 1. The first-order chi connectivity index (χ1) is 22.6. The molecule has 0 spiro atoms. The number of ether oxygens (including phenoxy) is 1. The topological polar surface area (TPSA) is 139 Å². The van der Waals surface area contributed by atoms with E-state index in [1.165, 1.54) is 4.68 Å². The van der Waals surface area contributed by atoms with Crippen molar-refractivity contribution in [3.63, 3.8) is 0 Å². The Morgan fingerprint density at radius 2 is 1.62 bits per heavy atom. The maximum atomic E-state index is 13.8. The van der Waals surface area contributed by atoms with Crippen LogP contribution < -0.4 is 20.0 Å². The standard InChI is InChI=1S/C34H41N7O6S/c1-23-11-13-26(14-12-23)40-31(22-29(37-40)34(3,4)5)41(47-48(7,44)45)33(43)36-28-15-16-30(35-24(28)2)38-17-19-39(20-18-38)32(42)25-9-8-10-27(21-25)46-6/h8-16,21-22H,17-20H2,1-7H3,(H,36,43). The average molecular weight is 676 g/mol. The summed E-state index contributed by atoms with van der Waals surface area (Å²) in [5, 5.41) is 8.17. The van der Waals surface area contributed by atoms with E-state index >= 15 is 0 Å². The molecule has 254 valence electrons. The zero-order valence-electron chi connectivity index (χ0n) is 28.2. The van der Waals surface area contributed by atoms with Gasteiger partial charge in [0.05, 0.1) is 36.1 Å². The van der Waals surface area contributed by atoms with E-state index in [2.05, 4.69) is 10.2 Å². The maximum absolute atomic E-state index is 13.8. The normalized spacial score (nSPS) is 13.7. The number of amides is 3. The third-order valence-electron chi connectivity index (χ3n) is 7.86. The predicted octanol–water partition coefficient (Wildman–Crippen LogP) is 5.08. The van der Waals surface area contributed by atoms with Gasteiger partial charge in [0.15, 0.2) is 5.82 Å². The van der Waals surface area contributed by atoms with Gasteiger partial charge in [-0.05, 0) is 56.3 Å². The number of anilines is 3. The smallest absolute Gasteiger partial charge is 0.353 e. The highest BCUT2D eigenvalue weighted by Crippen LogP contribution is 2.30. The summed E-state index contributed by atoms with van der Waals surface area (Å²) in [6.45, 7) is 11.8. The molecule has 1 N–H and O–H groups in total. The van der Waals surface area contributed by atoms with Crippen molar-refractivity contribution in [2.75, 3.05) is 54.8 Å². The van der Waals surface area contributed by atoms with Crippen LogP contribution in [0.25, 0.3) is 5.69 Å². The van der Waals surface area contributed by atoms with Gasteiger partial charge in [0.2, 0.25) is 0 Å². The molecule has 14 heteroatoms. The minimum absolute atomic E-state index is 0.0602. The summed E-state index contributed by atoms with van der Waals surface area (Å²) in [5.74, 6) is 1.37. The number of piperazine rings is 1. The van der Waals surface area contributed by atoms with Gasteiger partial charge in [-0.15, -0.1) is 9.35 Å². The first kappa shape index (κ1) is 34.4. The van der Waals surface area contributed by atoms with E-state index in [0.29, 0.717) is 71.1 Å². The van der Waals surface area contributed by atoms with Crippen LogP contribution in [0.3, 0.4) is 0 Å². The molecular formula is C34H41N7O6S. The van der Waals surface area contributed by atoms with Crippen LogP contribution in [0.2, 0.25) is 0 Å². The van der Waals surface area contributed by atoms with E-state index in [1.807, 2.05) is 52.0 Å². The lowest BCUT2D eigenvalue weighted by Crippen LogP contribution is -2.49. The van der Waals surface area contributed by atoms with Gasteiger partial charge in [-0.1, -0.05) is 44.5 Å². The molecule has 0 bridgehead atoms. The highest BCUT2D eigenvalue weighted by molar-refractivity contribution is 7.86. The number of carbonyl (C=O) groups excluding carboxylic acids is 2. The molecule has 3 amide bonds. The van der Waals surface area contributed by atoms with Gasteiger partial charge in [-0.2, -0.15) is 13.5 Å². The van der Waals surface area contributed by atoms with E-state index in [-0.39, 0.29) is 11.7 Å². The first-order valence-electron chi connectivity index (χ1n) is 15.5. The SMILES string of the molecule is COc1cccc(C(=O)N2CCN(c3ccc(NC(=O)N(OS(C)(=O)=O)c4cc(C(C)(C)C)nn4-c4ccc(C)cc4)c(C)n3)CC2)c1. The Labute approximate surface area is 281 Å². The molecule has 2 aromatic heterocycles. The van der Waals surface area contributed by atoms with Crippen LogP contribution in [-0.2, 0) is 19.8 Å². The molecule has 1 fully saturated rings. The number of aryl methyl sites for hydroxylation is 2. The Morgan fingerprint density at radius 3 is 2.23 bits per heavy atom. The lowest BCUT2D eigenvalue weighted by Gasteiger charge is -2.35. The van der Waals surface area contributed by atoms with Crippen LogP contribution in [0.15, 0.2) is 66.7 Å². The van der Waals surface area contributed by atoms with E-state index in [9.17, 15) is 18.0 Å². The molecule has 0 saturated carbocycles. The van der Waals surface area contributed by atoms with Gasteiger partial charge in [-0.25, -0.2) is 14.5 Å². The number of hydrogen-bond acceptors (Lipinski definition) is 9.